The SMILES string of the molecule is CN=C(NCCCc1nc(C)no1)N1CCN(c2ccc(F)cc2)CC1.I. The Bertz CT molecular complexity index is 728. The fraction of sp³-hybridized carbons (Fsp3) is 0.500. The third kappa shape index (κ3) is 6.05. The molecule has 2 aromatic rings. The van der Waals surface area contributed by atoms with Gasteiger partial charge in [0.2, 0.25) is 5.89 Å². The van der Waals surface area contributed by atoms with Crippen molar-refractivity contribution in [3.8, 4) is 0 Å². The van der Waals surface area contributed by atoms with Crippen LogP contribution in [0.15, 0.2) is 33.8 Å². The molecule has 1 aromatic carbocycles. The quantitative estimate of drug-likeness (QED) is 0.302. The average Bonchev–Trinajstić information content (AvgIpc) is 3.08. The van der Waals surface area contributed by atoms with Crippen LogP contribution in [-0.4, -0.2) is 60.8 Å². The predicted octanol–water partition coefficient (Wildman–Crippen LogP) is 2.47. The summed E-state index contributed by atoms with van der Waals surface area (Å²) in [6, 6.07) is 6.68. The van der Waals surface area contributed by atoms with E-state index in [-0.39, 0.29) is 29.8 Å². The molecule has 1 aliphatic rings. The lowest BCUT2D eigenvalue weighted by molar-refractivity contribution is 0.365. The maximum atomic E-state index is 13.1. The van der Waals surface area contributed by atoms with Crippen LogP contribution in [0.25, 0.3) is 0 Å². The Hall–Kier alpha value is -1.91. The van der Waals surface area contributed by atoms with Crippen molar-refractivity contribution in [3.05, 3.63) is 41.8 Å². The van der Waals surface area contributed by atoms with Crippen LogP contribution < -0.4 is 10.2 Å². The molecule has 0 atom stereocenters. The second-order valence-electron chi connectivity index (χ2n) is 6.26. The van der Waals surface area contributed by atoms with Crippen LogP contribution in [0.4, 0.5) is 10.1 Å². The molecule has 1 aromatic heterocycles. The van der Waals surface area contributed by atoms with Gasteiger partial charge in [-0.05, 0) is 37.6 Å². The lowest BCUT2D eigenvalue weighted by Crippen LogP contribution is -2.52. The highest BCUT2D eigenvalue weighted by atomic mass is 127. The molecule has 7 nitrogen and oxygen atoms in total. The number of hydrogen-bond donors (Lipinski definition) is 1. The maximum Gasteiger partial charge on any atom is 0.226 e. The molecule has 148 valence electrons. The Morgan fingerprint density at radius 1 is 1.22 bits per heavy atom. The number of nitrogens with one attached hydrogen (secondary N) is 1. The molecule has 27 heavy (non-hydrogen) atoms. The first-order valence-corrected chi connectivity index (χ1v) is 8.91. The van der Waals surface area contributed by atoms with Gasteiger partial charge in [-0.2, -0.15) is 4.98 Å². The first-order valence-electron chi connectivity index (χ1n) is 8.91. The van der Waals surface area contributed by atoms with E-state index in [9.17, 15) is 4.39 Å². The maximum absolute atomic E-state index is 13.1. The van der Waals surface area contributed by atoms with Crippen molar-refractivity contribution >= 4 is 35.6 Å². The van der Waals surface area contributed by atoms with Crippen molar-refractivity contribution in [2.45, 2.75) is 19.8 Å². The van der Waals surface area contributed by atoms with Gasteiger partial charge >= 0.3 is 0 Å². The van der Waals surface area contributed by atoms with Gasteiger partial charge in [0.1, 0.15) is 5.82 Å². The molecule has 0 saturated carbocycles. The van der Waals surface area contributed by atoms with Crippen LogP contribution in [0, 0.1) is 12.7 Å². The molecule has 1 saturated heterocycles. The number of benzene rings is 1. The Morgan fingerprint density at radius 3 is 2.52 bits per heavy atom. The van der Waals surface area contributed by atoms with Crippen molar-refractivity contribution in [2.75, 3.05) is 44.7 Å². The van der Waals surface area contributed by atoms with Crippen LogP contribution in [0.1, 0.15) is 18.1 Å². The normalized spacial score (nSPS) is 14.9. The number of hydrogen-bond acceptors (Lipinski definition) is 5. The van der Waals surface area contributed by atoms with E-state index < -0.39 is 0 Å². The molecule has 0 unspecified atom stereocenters. The Kier molecular flexibility index (Phi) is 8.26. The molecule has 0 bridgehead atoms. The van der Waals surface area contributed by atoms with E-state index >= 15 is 0 Å². The van der Waals surface area contributed by atoms with Gasteiger partial charge in [-0.15, -0.1) is 24.0 Å². The molecule has 2 heterocycles. The number of aromatic nitrogens is 2. The standard InChI is InChI=1S/C18H25FN6O.HI/c1-14-22-17(26-23-14)4-3-9-21-18(20-2)25-12-10-24(11-13-25)16-7-5-15(19)6-8-16;/h5-8H,3-4,9-13H2,1-2H3,(H,20,21);1H. The summed E-state index contributed by atoms with van der Waals surface area (Å²) < 4.78 is 18.2. The van der Waals surface area contributed by atoms with Gasteiger partial charge in [-0.3, -0.25) is 4.99 Å². The summed E-state index contributed by atoms with van der Waals surface area (Å²) in [7, 11) is 1.80. The van der Waals surface area contributed by atoms with E-state index in [1.54, 1.807) is 7.05 Å². The highest BCUT2D eigenvalue weighted by Gasteiger charge is 2.19. The van der Waals surface area contributed by atoms with Crippen LogP contribution in [0.5, 0.6) is 0 Å². The summed E-state index contributed by atoms with van der Waals surface area (Å²) in [6.45, 7) is 6.13. The minimum Gasteiger partial charge on any atom is -0.368 e. The van der Waals surface area contributed by atoms with E-state index in [0.717, 1.165) is 57.2 Å². The van der Waals surface area contributed by atoms with E-state index in [1.807, 2.05) is 19.1 Å². The third-order valence-electron chi connectivity index (χ3n) is 4.40. The van der Waals surface area contributed by atoms with Gasteiger partial charge in [0, 0.05) is 51.9 Å². The number of piperazine rings is 1. The number of rotatable bonds is 5. The highest BCUT2D eigenvalue weighted by Crippen LogP contribution is 2.16. The number of nitrogens with zero attached hydrogens (tertiary/aromatic N) is 5. The first-order chi connectivity index (χ1) is 12.7. The number of anilines is 1. The lowest BCUT2D eigenvalue weighted by Gasteiger charge is -2.37. The van der Waals surface area contributed by atoms with Crippen LogP contribution >= 0.6 is 24.0 Å². The Morgan fingerprint density at radius 2 is 1.93 bits per heavy atom. The molecular formula is C18H26FIN6O. The predicted molar refractivity (Wildman–Crippen MR) is 114 cm³/mol. The number of halogens is 2. The van der Waals surface area contributed by atoms with E-state index in [4.69, 9.17) is 4.52 Å². The summed E-state index contributed by atoms with van der Waals surface area (Å²) in [6.07, 6.45) is 1.65. The molecule has 0 radical (unpaired) electrons. The van der Waals surface area contributed by atoms with Gasteiger partial charge in [0.05, 0.1) is 0 Å². The number of aryl methyl sites for hydroxylation is 2. The van der Waals surface area contributed by atoms with Crippen molar-refractivity contribution in [1.29, 1.82) is 0 Å². The minimum atomic E-state index is -0.201. The smallest absolute Gasteiger partial charge is 0.226 e. The molecule has 1 fully saturated rings. The van der Waals surface area contributed by atoms with Gasteiger partial charge < -0.3 is 19.6 Å². The zero-order valence-electron chi connectivity index (χ0n) is 15.7. The Labute approximate surface area is 176 Å². The lowest BCUT2D eigenvalue weighted by atomic mass is 10.2. The fourth-order valence-corrected chi connectivity index (χ4v) is 3.04. The van der Waals surface area contributed by atoms with Gasteiger partial charge in [-0.1, -0.05) is 5.16 Å². The summed E-state index contributed by atoms with van der Waals surface area (Å²) >= 11 is 0. The molecule has 0 amide bonds. The third-order valence-corrected chi connectivity index (χ3v) is 4.40. The zero-order chi connectivity index (χ0) is 18.4. The van der Waals surface area contributed by atoms with Crippen LogP contribution in [0.2, 0.25) is 0 Å². The summed E-state index contributed by atoms with van der Waals surface area (Å²) in [5.74, 6) is 2.05. The largest absolute Gasteiger partial charge is 0.368 e. The fourth-order valence-electron chi connectivity index (χ4n) is 3.04. The summed E-state index contributed by atoms with van der Waals surface area (Å²) in [5.41, 5.74) is 1.06. The van der Waals surface area contributed by atoms with Crippen LogP contribution in [0.3, 0.4) is 0 Å². The summed E-state index contributed by atoms with van der Waals surface area (Å²) in [5, 5.41) is 7.19. The molecular weight excluding hydrogens is 462 g/mol. The molecule has 0 spiro atoms. The first kappa shape index (κ1) is 21.4. The molecule has 1 N–H and O–H groups in total. The molecule has 3 rings (SSSR count). The monoisotopic (exact) mass is 488 g/mol. The minimum absolute atomic E-state index is 0. The molecule has 9 heteroatoms. The van der Waals surface area contributed by atoms with E-state index in [0.29, 0.717) is 11.7 Å². The summed E-state index contributed by atoms with van der Waals surface area (Å²) in [4.78, 5) is 13.1. The van der Waals surface area contributed by atoms with Gasteiger partial charge in [-0.25, -0.2) is 4.39 Å². The van der Waals surface area contributed by atoms with Crippen molar-refractivity contribution in [2.24, 2.45) is 4.99 Å². The van der Waals surface area contributed by atoms with E-state index in [2.05, 4.69) is 30.2 Å². The Balaban J connectivity index is 0.00000261. The topological polar surface area (TPSA) is 69.8 Å². The van der Waals surface area contributed by atoms with Crippen molar-refractivity contribution in [1.82, 2.24) is 20.4 Å². The number of aliphatic imine (C=N–C) groups is 1. The highest BCUT2D eigenvalue weighted by molar-refractivity contribution is 14.0. The van der Waals surface area contributed by atoms with Gasteiger partial charge in [0.15, 0.2) is 11.8 Å². The molecule has 0 aliphatic carbocycles. The second kappa shape index (κ2) is 10.4. The van der Waals surface area contributed by atoms with E-state index in [1.165, 1.54) is 12.1 Å². The number of guanidine groups is 1. The van der Waals surface area contributed by atoms with Crippen LogP contribution in [-0.2, 0) is 6.42 Å². The van der Waals surface area contributed by atoms with Crippen molar-refractivity contribution in [3.63, 3.8) is 0 Å². The zero-order valence-corrected chi connectivity index (χ0v) is 18.0. The van der Waals surface area contributed by atoms with Gasteiger partial charge in [0.25, 0.3) is 0 Å². The average molecular weight is 488 g/mol. The molecule has 1 aliphatic heterocycles. The second-order valence-corrected chi connectivity index (χ2v) is 6.26. The van der Waals surface area contributed by atoms with Crippen molar-refractivity contribution < 1.29 is 8.91 Å².